The number of hydrogen-bond donors (Lipinski definition) is 4. The topological polar surface area (TPSA) is 90.8 Å². The monoisotopic (exact) mass is 402 g/mol. The van der Waals surface area contributed by atoms with Crippen molar-refractivity contribution < 1.29 is 24.1 Å². The predicted octanol–water partition coefficient (Wildman–Crippen LogP) is 3.40. The average molecular weight is 402 g/mol. The van der Waals surface area contributed by atoms with Crippen LogP contribution in [0.2, 0.25) is 0 Å². The molecule has 3 rings (SSSR count). The number of methoxy groups -OCH3 is 1. The highest BCUT2D eigenvalue weighted by Crippen LogP contribution is 2.36. The van der Waals surface area contributed by atoms with Crippen LogP contribution in [0, 0.1) is 5.82 Å². The molecule has 2 aromatic rings. The lowest BCUT2D eigenvalue weighted by Gasteiger charge is -2.24. The van der Waals surface area contributed by atoms with E-state index in [4.69, 9.17) is 4.74 Å². The summed E-state index contributed by atoms with van der Waals surface area (Å²) in [5.41, 5.74) is 2.60. The number of rotatable bonds is 4. The average Bonchev–Trinajstić information content (AvgIpc) is 2.96. The molecule has 7 heteroatoms. The Morgan fingerprint density at radius 3 is 2.62 bits per heavy atom. The van der Waals surface area contributed by atoms with E-state index in [1.54, 1.807) is 18.2 Å². The molecule has 4 N–H and O–H groups in total. The molecule has 1 aliphatic carbocycles. The number of carbonyl (C=O) groups excluding carboxylic acids is 1. The number of aliphatic hydroxyl groups excluding tert-OH is 2. The molecule has 0 radical (unpaired) electrons. The van der Waals surface area contributed by atoms with Gasteiger partial charge in [-0.3, -0.25) is 0 Å². The SMILES string of the molecule is COc1c(CO)cc(C(C)(C)C)cc1NC(=O)N[C@@H]1Cc2cccc(F)c2C1O. The van der Waals surface area contributed by atoms with Gasteiger partial charge < -0.3 is 25.6 Å². The Labute approximate surface area is 169 Å². The molecule has 0 spiro atoms. The summed E-state index contributed by atoms with van der Waals surface area (Å²) in [6, 6.07) is 7.09. The second-order valence-corrected chi connectivity index (χ2v) is 8.29. The smallest absolute Gasteiger partial charge is 0.319 e. The first kappa shape index (κ1) is 21.1. The molecule has 0 bridgehead atoms. The summed E-state index contributed by atoms with van der Waals surface area (Å²) in [5.74, 6) is -0.108. The normalized spacial score (nSPS) is 18.3. The molecule has 2 amide bonds. The molecule has 156 valence electrons. The van der Waals surface area contributed by atoms with Crippen LogP contribution in [0.25, 0.3) is 0 Å². The van der Waals surface area contributed by atoms with Crippen molar-refractivity contribution in [3.8, 4) is 5.75 Å². The van der Waals surface area contributed by atoms with Gasteiger partial charge in [0.1, 0.15) is 17.7 Å². The zero-order valence-electron chi connectivity index (χ0n) is 17.0. The Hall–Kier alpha value is -2.64. The molecule has 1 unspecified atom stereocenters. The molecule has 0 saturated heterocycles. The summed E-state index contributed by atoms with van der Waals surface area (Å²) in [6.45, 7) is 5.85. The van der Waals surface area contributed by atoms with Gasteiger partial charge in [0.05, 0.1) is 25.4 Å². The van der Waals surface area contributed by atoms with Gasteiger partial charge in [-0.1, -0.05) is 32.9 Å². The van der Waals surface area contributed by atoms with Gasteiger partial charge in [-0.15, -0.1) is 0 Å². The predicted molar refractivity (Wildman–Crippen MR) is 109 cm³/mol. The maximum absolute atomic E-state index is 14.0. The van der Waals surface area contributed by atoms with Crippen LogP contribution in [0.1, 0.15) is 49.1 Å². The third-order valence-electron chi connectivity index (χ3n) is 5.23. The standard InChI is InChI=1S/C22H27FN2O4/c1-22(2,3)14-8-13(11-26)20(29-4)17(10-14)25-21(28)24-16-9-12-6-5-7-15(23)18(12)19(16)27/h5-8,10,16,19,26-27H,9,11H2,1-4H3,(H2,24,25,28)/t16-,19?/m1/s1. The zero-order valence-corrected chi connectivity index (χ0v) is 17.0. The molecule has 6 nitrogen and oxygen atoms in total. The van der Waals surface area contributed by atoms with Gasteiger partial charge in [-0.25, -0.2) is 9.18 Å². The number of aliphatic hydroxyl groups is 2. The minimum Gasteiger partial charge on any atom is -0.494 e. The van der Waals surface area contributed by atoms with E-state index in [9.17, 15) is 19.4 Å². The van der Waals surface area contributed by atoms with Crippen molar-refractivity contribution >= 4 is 11.7 Å². The van der Waals surface area contributed by atoms with Crippen LogP contribution in [0.4, 0.5) is 14.9 Å². The second kappa shape index (κ2) is 8.00. The molecule has 0 saturated carbocycles. The van der Waals surface area contributed by atoms with Gasteiger partial charge >= 0.3 is 6.03 Å². The van der Waals surface area contributed by atoms with Gasteiger partial charge in [0.25, 0.3) is 0 Å². The quantitative estimate of drug-likeness (QED) is 0.631. The fraction of sp³-hybridized carbons (Fsp3) is 0.409. The van der Waals surface area contributed by atoms with E-state index in [-0.39, 0.29) is 17.6 Å². The molecular formula is C22H27FN2O4. The first-order valence-corrected chi connectivity index (χ1v) is 9.50. The Balaban J connectivity index is 1.82. The fourth-order valence-electron chi connectivity index (χ4n) is 3.67. The van der Waals surface area contributed by atoms with Crippen LogP contribution in [0.15, 0.2) is 30.3 Å². The molecule has 0 fully saturated rings. The van der Waals surface area contributed by atoms with Gasteiger partial charge in [0, 0.05) is 11.1 Å². The first-order valence-electron chi connectivity index (χ1n) is 9.50. The van der Waals surface area contributed by atoms with E-state index in [2.05, 4.69) is 10.6 Å². The number of urea groups is 1. The Morgan fingerprint density at radius 1 is 1.31 bits per heavy atom. The molecule has 2 aromatic carbocycles. The van der Waals surface area contributed by atoms with Crippen LogP contribution >= 0.6 is 0 Å². The number of carbonyl (C=O) groups is 1. The van der Waals surface area contributed by atoms with Crippen molar-refractivity contribution in [1.29, 1.82) is 0 Å². The van der Waals surface area contributed by atoms with Crippen LogP contribution < -0.4 is 15.4 Å². The highest BCUT2D eigenvalue weighted by Gasteiger charge is 2.34. The summed E-state index contributed by atoms with van der Waals surface area (Å²) < 4.78 is 19.4. The van der Waals surface area contributed by atoms with Gasteiger partial charge in [-0.05, 0) is 41.2 Å². The highest BCUT2D eigenvalue weighted by molar-refractivity contribution is 5.92. The Bertz CT molecular complexity index is 924. The van der Waals surface area contributed by atoms with Crippen LogP contribution in [0.3, 0.4) is 0 Å². The van der Waals surface area contributed by atoms with E-state index in [1.165, 1.54) is 13.2 Å². The Kier molecular flexibility index (Phi) is 5.82. The molecule has 29 heavy (non-hydrogen) atoms. The Morgan fingerprint density at radius 2 is 2.03 bits per heavy atom. The van der Waals surface area contributed by atoms with Gasteiger partial charge in [-0.2, -0.15) is 0 Å². The minimum absolute atomic E-state index is 0.204. The van der Waals surface area contributed by atoms with E-state index < -0.39 is 24.0 Å². The molecule has 2 atom stereocenters. The van der Waals surface area contributed by atoms with Crippen molar-refractivity contribution in [2.24, 2.45) is 0 Å². The third kappa shape index (κ3) is 4.21. The number of benzene rings is 2. The van der Waals surface area contributed by atoms with E-state index in [0.29, 0.717) is 29.0 Å². The van der Waals surface area contributed by atoms with Crippen LogP contribution in [-0.2, 0) is 18.4 Å². The van der Waals surface area contributed by atoms with Gasteiger partial charge in [0.2, 0.25) is 0 Å². The van der Waals surface area contributed by atoms with E-state index >= 15 is 0 Å². The molecule has 0 heterocycles. The zero-order chi connectivity index (χ0) is 21.3. The molecule has 1 aliphatic rings. The van der Waals surface area contributed by atoms with Crippen molar-refractivity contribution in [2.45, 2.75) is 51.4 Å². The maximum atomic E-state index is 14.0. The highest BCUT2D eigenvalue weighted by atomic mass is 19.1. The van der Waals surface area contributed by atoms with Crippen LogP contribution in [0.5, 0.6) is 5.75 Å². The van der Waals surface area contributed by atoms with Crippen molar-refractivity contribution in [2.75, 3.05) is 12.4 Å². The fourth-order valence-corrected chi connectivity index (χ4v) is 3.67. The van der Waals surface area contributed by atoms with Gasteiger partial charge in [0.15, 0.2) is 0 Å². The number of halogens is 1. The first-order chi connectivity index (χ1) is 13.7. The van der Waals surface area contributed by atoms with Crippen molar-refractivity contribution in [3.63, 3.8) is 0 Å². The number of nitrogens with one attached hydrogen (secondary N) is 2. The molecular weight excluding hydrogens is 375 g/mol. The lowest BCUT2D eigenvalue weighted by atomic mass is 9.85. The number of hydrogen-bond acceptors (Lipinski definition) is 4. The molecule has 0 aromatic heterocycles. The maximum Gasteiger partial charge on any atom is 0.319 e. The number of amides is 2. The lowest BCUT2D eigenvalue weighted by Crippen LogP contribution is -2.40. The van der Waals surface area contributed by atoms with E-state index in [0.717, 1.165) is 5.56 Å². The number of fused-ring (bicyclic) bond motifs is 1. The summed E-state index contributed by atoms with van der Waals surface area (Å²) in [6.07, 6.45) is -0.782. The summed E-state index contributed by atoms with van der Waals surface area (Å²) in [7, 11) is 1.47. The number of anilines is 1. The lowest BCUT2D eigenvalue weighted by molar-refractivity contribution is 0.141. The van der Waals surface area contributed by atoms with E-state index in [1.807, 2.05) is 26.8 Å². The minimum atomic E-state index is -1.12. The summed E-state index contributed by atoms with van der Waals surface area (Å²) >= 11 is 0. The van der Waals surface area contributed by atoms with Crippen molar-refractivity contribution in [1.82, 2.24) is 5.32 Å². The second-order valence-electron chi connectivity index (χ2n) is 8.29. The summed E-state index contributed by atoms with van der Waals surface area (Å²) in [5, 5.41) is 25.6. The molecule has 0 aliphatic heterocycles. The number of ether oxygens (including phenoxy) is 1. The summed E-state index contributed by atoms with van der Waals surface area (Å²) in [4.78, 5) is 12.6. The van der Waals surface area contributed by atoms with Crippen molar-refractivity contribution in [3.05, 3.63) is 58.4 Å². The largest absolute Gasteiger partial charge is 0.494 e. The third-order valence-corrected chi connectivity index (χ3v) is 5.23. The van der Waals surface area contributed by atoms with Crippen LogP contribution in [-0.4, -0.2) is 29.4 Å².